The molecule has 1 heterocycles. The number of hydrogen-bond acceptors (Lipinski definition) is 3. The van der Waals surface area contributed by atoms with Crippen molar-refractivity contribution in [3.8, 4) is 0 Å². The fraction of sp³-hybridized carbons (Fsp3) is 0.667. The summed E-state index contributed by atoms with van der Waals surface area (Å²) in [5.41, 5.74) is 1.20. The second-order valence-electron chi connectivity index (χ2n) is 4.87. The van der Waals surface area contributed by atoms with Crippen molar-refractivity contribution < 1.29 is 5.11 Å². The van der Waals surface area contributed by atoms with Crippen molar-refractivity contribution in [2.24, 2.45) is 5.92 Å². The van der Waals surface area contributed by atoms with E-state index in [2.05, 4.69) is 41.2 Å². The number of halogens is 1. The molecule has 2 nitrogen and oxygen atoms in total. The Morgan fingerprint density at radius 3 is 2.75 bits per heavy atom. The molecule has 0 aromatic carbocycles. The number of hydrogen-bond donors (Lipinski definition) is 2. The van der Waals surface area contributed by atoms with Gasteiger partial charge in [-0.2, -0.15) is 0 Å². The number of aliphatic hydroxyl groups is 1. The van der Waals surface area contributed by atoms with Gasteiger partial charge in [-0.1, -0.05) is 0 Å². The maximum absolute atomic E-state index is 9.47. The van der Waals surface area contributed by atoms with Crippen LogP contribution in [0.1, 0.15) is 30.2 Å². The first kappa shape index (κ1) is 12.6. The van der Waals surface area contributed by atoms with Gasteiger partial charge in [-0.3, -0.25) is 0 Å². The monoisotopic (exact) mass is 303 g/mol. The molecular formula is C12H18BrNOS. The fourth-order valence-corrected chi connectivity index (χ4v) is 3.52. The molecule has 2 N–H and O–H groups in total. The van der Waals surface area contributed by atoms with Gasteiger partial charge < -0.3 is 10.4 Å². The molecule has 0 radical (unpaired) electrons. The second kappa shape index (κ2) is 4.77. The third kappa shape index (κ3) is 2.67. The molecule has 1 aromatic heterocycles. The van der Waals surface area contributed by atoms with E-state index in [0.717, 1.165) is 6.54 Å². The van der Waals surface area contributed by atoms with Crippen LogP contribution in [0.4, 0.5) is 0 Å². The zero-order chi connectivity index (χ0) is 11.8. The van der Waals surface area contributed by atoms with Crippen molar-refractivity contribution in [2.75, 3.05) is 6.61 Å². The Morgan fingerprint density at radius 2 is 2.31 bits per heavy atom. The highest BCUT2D eigenvalue weighted by Gasteiger charge is 2.40. The third-order valence-corrected chi connectivity index (χ3v) is 5.52. The summed E-state index contributed by atoms with van der Waals surface area (Å²) < 4.78 is 1.21. The standard InChI is InChI=1S/C12H18BrNOS/c1-8-5-10(16-11(8)13)6-14-12(2,7-15)9-3-4-9/h5,9,14-15H,3-4,6-7H2,1-2H3. The largest absolute Gasteiger partial charge is 0.394 e. The maximum Gasteiger partial charge on any atom is 0.0730 e. The normalized spacial score (nSPS) is 19.8. The molecule has 1 aliphatic carbocycles. The van der Waals surface area contributed by atoms with Crippen LogP contribution in [0.2, 0.25) is 0 Å². The molecule has 90 valence electrons. The lowest BCUT2D eigenvalue weighted by molar-refractivity contribution is 0.154. The minimum atomic E-state index is -0.0929. The average molecular weight is 304 g/mol. The van der Waals surface area contributed by atoms with E-state index in [1.54, 1.807) is 11.3 Å². The molecule has 0 aliphatic heterocycles. The molecule has 0 saturated heterocycles. The van der Waals surface area contributed by atoms with Crippen LogP contribution in [-0.2, 0) is 6.54 Å². The Bertz CT molecular complexity index is 356. The molecule has 1 fully saturated rings. The average Bonchev–Trinajstić information content (AvgIpc) is 3.05. The Labute approximate surface area is 109 Å². The van der Waals surface area contributed by atoms with E-state index in [-0.39, 0.29) is 12.1 Å². The SMILES string of the molecule is Cc1cc(CNC(C)(CO)C2CC2)sc1Br. The Balaban J connectivity index is 1.95. The van der Waals surface area contributed by atoms with Crippen LogP contribution in [0.5, 0.6) is 0 Å². The smallest absolute Gasteiger partial charge is 0.0730 e. The summed E-state index contributed by atoms with van der Waals surface area (Å²) >= 11 is 5.31. The molecule has 1 atom stereocenters. The van der Waals surface area contributed by atoms with Gasteiger partial charge in [0, 0.05) is 17.0 Å². The first-order valence-corrected chi connectivity index (χ1v) is 7.27. The predicted octanol–water partition coefficient (Wildman–Crippen LogP) is 3.07. The van der Waals surface area contributed by atoms with Gasteiger partial charge in [-0.25, -0.2) is 0 Å². The second-order valence-corrected chi connectivity index (χ2v) is 7.33. The lowest BCUT2D eigenvalue weighted by atomic mass is 9.97. The van der Waals surface area contributed by atoms with Gasteiger partial charge in [0.1, 0.15) is 0 Å². The van der Waals surface area contributed by atoms with Crippen molar-refractivity contribution in [1.29, 1.82) is 0 Å². The van der Waals surface area contributed by atoms with E-state index in [1.807, 2.05) is 0 Å². The quantitative estimate of drug-likeness (QED) is 0.876. The first-order valence-electron chi connectivity index (χ1n) is 5.66. The lowest BCUT2D eigenvalue weighted by Gasteiger charge is -2.28. The Kier molecular flexibility index (Phi) is 3.74. The van der Waals surface area contributed by atoms with Crippen LogP contribution < -0.4 is 5.32 Å². The summed E-state index contributed by atoms with van der Waals surface area (Å²) in [5, 5.41) is 13.0. The van der Waals surface area contributed by atoms with Crippen molar-refractivity contribution in [2.45, 2.75) is 38.8 Å². The molecule has 0 amide bonds. The zero-order valence-electron chi connectivity index (χ0n) is 9.72. The van der Waals surface area contributed by atoms with E-state index in [4.69, 9.17) is 0 Å². The molecule has 4 heteroatoms. The van der Waals surface area contributed by atoms with Crippen LogP contribution in [0, 0.1) is 12.8 Å². The van der Waals surface area contributed by atoms with Gasteiger partial charge in [-0.15, -0.1) is 11.3 Å². The van der Waals surface area contributed by atoms with E-state index >= 15 is 0 Å². The topological polar surface area (TPSA) is 32.3 Å². The number of aliphatic hydroxyl groups excluding tert-OH is 1. The van der Waals surface area contributed by atoms with E-state index < -0.39 is 0 Å². The highest BCUT2D eigenvalue weighted by atomic mass is 79.9. The predicted molar refractivity (Wildman–Crippen MR) is 71.8 cm³/mol. The third-order valence-electron chi connectivity index (χ3n) is 3.38. The summed E-state index contributed by atoms with van der Waals surface area (Å²) in [6.45, 7) is 5.31. The molecule has 1 aromatic rings. The Hall–Kier alpha value is 0.100. The highest BCUT2D eigenvalue weighted by molar-refractivity contribution is 9.11. The van der Waals surface area contributed by atoms with Crippen LogP contribution in [-0.4, -0.2) is 17.3 Å². The van der Waals surface area contributed by atoms with Gasteiger partial charge in [-0.05, 0) is 60.2 Å². The van der Waals surface area contributed by atoms with E-state index in [9.17, 15) is 5.11 Å². The fourth-order valence-electron chi connectivity index (χ4n) is 1.95. The van der Waals surface area contributed by atoms with Crippen LogP contribution in [0.3, 0.4) is 0 Å². The summed E-state index contributed by atoms with van der Waals surface area (Å²) in [6.07, 6.45) is 2.49. The summed E-state index contributed by atoms with van der Waals surface area (Å²) in [7, 11) is 0. The molecule has 0 bridgehead atoms. The van der Waals surface area contributed by atoms with Crippen molar-refractivity contribution >= 4 is 27.3 Å². The molecule has 16 heavy (non-hydrogen) atoms. The summed E-state index contributed by atoms with van der Waals surface area (Å²) in [6, 6.07) is 2.20. The van der Waals surface area contributed by atoms with Crippen LogP contribution in [0.15, 0.2) is 9.85 Å². The van der Waals surface area contributed by atoms with Crippen molar-refractivity contribution in [3.63, 3.8) is 0 Å². The highest BCUT2D eigenvalue weighted by Crippen LogP contribution is 2.39. The molecule has 1 unspecified atom stereocenters. The Morgan fingerprint density at radius 1 is 1.62 bits per heavy atom. The summed E-state index contributed by atoms with van der Waals surface area (Å²) in [5.74, 6) is 0.655. The number of nitrogens with one attached hydrogen (secondary N) is 1. The minimum absolute atomic E-state index is 0.0929. The molecule has 0 spiro atoms. The van der Waals surface area contributed by atoms with Crippen LogP contribution >= 0.6 is 27.3 Å². The lowest BCUT2D eigenvalue weighted by Crippen LogP contribution is -2.47. The van der Waals surface area contributed by atoms with Crippen molar-refractivity contribution in [1.82, 2.24) is 5.32 Å². The van der Waals surface area contributed by atoms with Gasteiger partial charge in [0.2, 0.25) is 0 Å². The molecular weight excluding hydrogens is 286 g/mol. The number of rotatable bonds is 5. The number of aryl methyl sites for hydroxylation is 1. The zero-order valence-corrected chi connectivity index (χ0v) is 12.1. The molecule has 2 rings (SSSR count). The van der Waals surface area contributed by atoms with Gasteiger partial charge in [0.25, 0.3) is 0 Å². The first-order chi connectivity index (χ1) is 7.55. The molecule has 1 aliphatic rings. The van der Waals surface area contributed by atoms with Gasteiger partial charge in [0.15, 0.2) is 0 Å². The molecule has 1 saturated carbocycles. The summed E-state index contributed by atoms with van der Waals surface area (Å²) in [4.78, 5) is 1.32. The van der Waals surface area contributed by atoms with Crippen LogP contribution in [0.25, 0.3) is 0 Å². The van der Waals surface area contributed by atoms with E-state index in [1.165, 1.54) is 27.1 Å². The van der Waals surface area contributed by atoms with E-state index in [0.29, 0.717) is 5.92 Å². The van der Waals surface area contributed by atoms with Crippen molar-refractivity contribution in [3.05, 3.63) is 20.3 Å². The number of thiophene rings is 1. The minimum Gasteiger partial charge on any atom is -0.394 e. The maximum atomic E-state index is 9.47. The van der Waals surface area contributed by atoms with Gasteiger partial charge >= 0.3 is 0 Å². The van der Waals surface area contributed by atoms with Gasteiger partial charge in [0.05, 0.1) is 10.4 Å².